The molecule has 0 saturated carbocycles. The van der Waals surface area contributed by atoms with Crippen molar-refractivity contribution in [2.75, 3.05) is 11.9 Å². The van der Waals surface area contributed by atoms with Gasteiger partial charge in [0.2, 0.25) is 5.91 Å². The average molecular weight is 399 g/mol. The van der Waals surface area contributed by atoms with Crippen molar-refractivity contribution in [2.45, 2.75) is 19.8 Å². The topological polar surface area (TPSA) is 93.5 Å². The van der Waals surface area contributed by atoms with E-state index in [2.05, 4.69) is 17.6 Å². The number of non-ortho nitro benzene ring substituents is 1. The minimum atomic E-state index is -0.478. The van der Waals surface area contributed by atoms with Crippen molar-refractivity contribution >= 4 is 40.7 Å². The summed E-state index contributed by atoms with van der Waals surface area (Å²) in [5.74, 6) is 0.371. The highest BCUT2D eigenvalue weighted by Crippen LogP contribution is 2.16. The van der Waals surface area contributed by atoms with E-state index in [0.29, 0.717) is 12.2 Å². The quantitative estimate of drug-likeness (QED) is 0.226. The third-order valence-electron chi connectivity index (χ3n) is 3.65. The second kappa shape index (κ2) is 10.8. The van der Waals surface area contributed by atoms with Crippen LogP contribution in [0.4, 0.5) is 11.4 Å². The number of anilines is 1. The fourth-order valence-electron chi connectivity index (χ4n) is 2.16. The summed E-state index contributed by atoms with van der Waals surface area (Å²) in [5, 5.41) is 16.2. The third kappa shape index (κ3) is 7.16. The summed E-state index contributed by atoms with van der Waals surface area (Å²) in [6, 6.07) is 13.1. The maximum absolute atomic E-state index is 11.9. The lowest BCUT2D eigenvalue weighted by molar-refractivity contribution is -0.384. The summed E-state index contributed by atoms with van der Waals surface area (Å²) >= 11 is 5.12. The number of hydrogen-bond acceptors (Lipinski definition) is 5. The van der Waals surface area contributed by atoms with Crippen LogP contribution in [-0.4, -0.2) is 22.5 Å². The van der Waals surface area contributed by atoms with Gasteiger partial charge in [-0.2, -0.15) is 0 Å². The van der Waals surface area contributed by atoms with Gasteiger partial charge in [0, 0.05) is 23.9 Å². The number of carbonyl (C=O) groups is 1. The highest BCUT2D eigenvalue weighted by molar-refractivity contribution is 7.80. The van der Waals surface area contributed by atoms with Crippen molar-refractivity contribution in [3.63, 3.8) is 0 Å². The van der Waals surface area contributed by atoms with Gasteiger partial charge in [-0.15, -0.1) is 0 Å². The lowest BCUT2D eigenvalue weighted by Crippen LogP contribution is -2.32. The number of ether oxygens (including phenoxy) is 1. The van der Waals surface area contributed by atoms with E-state index in [1.165, 1.54) is 18.2 Å². The predicted molar refractivity (Wildman–Crippen MR) is 113 cm³/mol. The minimum absolute atomic E-state index is 0.00578. The molecule has 0 radical (unpaired) electrons. The maximum Gasteiger partial charge on any atom is 0.269 e. The Balaban J connectivity index is 1.81. The highest BCUT2D eigenvalue weighted by atomic mass is 32.1. The molecule has 0 saturated heterocycles. The molecule has 2 rings (SSSR count). The number of unbranched alkanes of at least 4 members (excludes halogenated alkanes) is 1. The zero-order valence-electron chi connectivity index (χ0n) is 15.4. The van der Waals surface area contributed by atoms with E-state index in [9.17, 15) is 14.9 Å². The van der Waals surface area contributed by atoms with E-state index in [0.717, 1.165) is 24.3 Å². The van der Waals surface area contributed by atoms with Crippen molar-refractivity contribution in [2.24, 2.45) is 0 Å². The van der Waals surface area contributed by atoms with Gasteiger partial charge in [-0.3, -0.25) is 20.2 Å². The Morgan fingerprint density at radius 3 is 2.46 bits per heavy atom. The molecule has 0 aliphatic rings. The van der Waals surface area contributed by atoms with Crippen LogP contribution in [0.1, 0.15) is 25.3 Å². The molecule has 28 heavy (non-hydrogen) atoms. The smallest absolute Gasteiger partial charge is 0.269 e. The fourth-order valence-corrected chi connectivity index (χ4v) is 2.38. The van der Waals surface area contributed by atoms with E-state index in [1.54, 1.807) is 18.2 Å². The van der Waals surface area contributed by atoms with Crippen molar-refractivity contribution in [3.05, 3.63) is 70.3 Å². The van der Waals surface area contributed by atoms with E-state index in [4.69, 9.17) is 17.0 Å². The van der Waals surface area contributed by atoms with E-state index in [-0.39, 0.29) is 10.8 Å². The Kier molecular flexibility index (Phi) is 8.11. The summed E-state index contributed by atoms with van der Waals surface area (Å²) < 4.78 is 5.59. The Morgan fingerprint density at radius 2 is 1.86 bits per heavy atom. The van der Waals surface area contributed by atoms with Crippen LogP contribution in [0.25, 0.3) is 6.08 Å². The molecular formula is C20H21N3O4S. The molecule has 7 nitrogen and oxygen atoms in total. The Labute approximate surface area is 168 Å². The SMILES string of the molecule is CCCCOc1ccc(NC(=S)NC(=O)/C=C/c2ccc([N+](=O)[O-])cc2)cc1. The molecule has 1 amide bonds. The maximum atomic E-state index is 11.9. The molecule has 2 aromatic carbocycles. The summed E-state index contributed by atoms with van der Waals surface area (Å²) in [5.41, 5.74) is 1.39. The summed E-state index contributed by atoms with van der Waals surface area (Å²) in [4.78, 5) is 22.1. The van der Waals surface area contributed by atoms with Gasteiger partial charge in [0.15, 0.2) is 5.11 Å². The van der Waals surface area contributed by atoms with Crippen molar-refractivity contribution in [1.29, 1.82) is 0 Å². The number of rotatable bonds is 8. The first-order chi connectivity index (χ1) is 13.5. The molecule has 0 aromatic heterocycles. The van der Waals surface area contributed by atoms with Gasteiger partial charge in [-0.25, -0.2) is 0 Å². The van der Waals surface area contributed by atoms with Gasteiger partial charge in [0.25, 0.3) is 5.69 Å². The van der Waals surface area contributed by atoms with Crippen LogP contribution in [0.5, 0.6) is 5.75 Å². The summed E-state index contributed by atoms with van der Waals surface area (Å²) in [7, 11) is 0. The van der Waals surface area contributed by atoms with Crippen molar-refractivity contribution < 1.29 is 14.5 Å². The van der Waals surface area contributed by atoms with Crippen LogP contribution in [0, 0.1) is 10.1 Å². The molecular weight excluding hydrogens is 378 g/mol. The normalized spacial score (nSPS) is 10.5. The standard InChI is InChI=1S/C20H21N3O4S/c1-2-3-14-27-18-11-7-16(8-12-18)21-20(28)22-19(24)13-6-15-4-9-17(10-5-15)23(25)26/h4-13H,2-3,14H2,1H3,(H2,21,22,24,28)/b13-6+. The van der Waals surface area contributed by atoms with Crippen molar-refractivity contribution in [1.82, 2.24) is 5.32 Å². The lowest BCUT2D eigenvalue weighted by Gasteiger charge is -2.09. The number of nitro groups is 1. The molecule has 0 spiro atoms. The van der Waals surface area contributed by atoms with E-state index in [1.807, 2.05) is 24.3 Å². The molecule has 0 atom stereocenters. The van der Waals surface area contributed by atoms with Gasteiger partial charge in [0.1, 0.15) is 5.75 Å². The molecule has 0 aliphatic heterocycles. The molecule has 8 heteroatoms. The largest absolute Gasteiger partial charge is 0.494 e. The minimum Gasteiger partial charge on any atom is -0.494 e. The second-order valence-electron chi connectivity index (χ2n) is 5.85. The van der Waals surface area contributed by atoms with Crippen LogP contribution >= 0.6 is 12.2 Å². The first-order valence-corrected chi connectivity index (χ1v) is 9.16. The van der Waals surface area contributed by atoms with Gasteiger partial charge >= 0.3 is 0 Å². The Hall–Kier alpha value is -3.26. The summed E-state index contributed by atoms with van der Waals surface area (Å²) in [6.07, 6.45) is 4.93. The number of hydrogen-bond donors (Lipinski definition) is 2. The Bertz CT molecular complexity index is 849. The number of nitro benzene ring substituents is 1. The molecule has 0 aliphatic carbocycles. The van der Waals surface area contributed by atoms with Gasteiger partial charge in [0.05, 0.1) is 11.5 Å². The van der Waals surface area contributed by atoms with Crippen LogP contribution in [0.15, 0.2) is 54.6 Å². The monoisotopic (exact) mass is 399 g/mol. The molecule has 2 aromatic rings. The number of thiocarbonyl (C=S) groups is 1. The van der Waals surface area contributed by atoms with E-state index >= 15 is 0 Å². The third-order valence-corrected chi connectivity index (χ3v) is 3.85. The van der Waals surface area contributed by atoms with Crippen LogP contribution in [0.3, 0.4) is 0 Å². The second-order valence-corrected chi connectivity index (χ2v) is 6.26. The number of carbonyl (C=O) groups excluding carboxylic acids is 1. The van der Waals surface area contributed by atoms with Gasteiger partial charge in [-0.1, -0.05) is 13.3 Å². The Morgan fingerprint density at radius 1 is 1.18 bits per heavy atom. The molecule has 0 unspecified atom stereocenters. The lowest BCUT2D eigenvalue weighted by atomic mass is 10.2. The number of benzene rings is 2. The fraction of sp³-hybridized carbons (Fsp3) is 0.200. The average Bonchev–Trinajstić information content (AvgIpc) is 2.68. The molecule has 0 fully saturated rings. The number of nitrogens with one attached hydrogen (secondary N) is 2. The first kappa shape index (κ1) is 21.0. The molecule has 146 valence electrons. The summed E-state index contributed by atoms with van der Waals surface area (Å²) in [6.45, 7) is 2.78. The molecule has 0 heterocycles. The van der Waals surface area contributed by atoms with Gasteiger partial charge in [-0.05, 0) is 66.7 Å². The number of nitrogens with zero attached hydrogens (tertiary/aromatic N) is 1. The van der Waals surface area contributed by atoms with Crippen molar-refractivity contribution in [3.8, 4) is 5.75 Å². The highest BCUT2D eigenvalue weighted by Gasteiger charge is 2.04. The molecule has 2 N–H and O–H groups in total. The predicted octanol–water partition coefficient (Wildman–Crippen LogP) is 4.30. The number of amides is 1. The van der Waals surface area contributed by atoms with Crippen LogP contribution in [0.2, 0.25) is 0 Å². The van der Waals surface area contributed by atoms with E-state index < -0.39 is 10.8 Å². The first-order valence-electron chi connectivity index (χ1n) is 8.75. The molecule has 0 bridgehead atoms. The van der Waals surface area contributed by atoms with Gasteiger partial charge < -0.3 is 10.1 Å². The zero-order valence-corrected chi connectivity index (χ0v) is 16.2. The zero-order chi connectivity index (χ0) is 20.4. The van der Waals surface area contributed by atoms with Crippen LogP contribution in [-0.2, 0) is 4.79 Å². The van der Waals surface area contributed by atoms with Crippen LogP contribution < -0.4 is 15.4 Å².